The fraction of sp³-hybridized carbons (Fsp3) is 0.263. The zero-order valence-electron chi connectivity index (χ0n) is 15.0. The lowest BCUT2D eigenvalue weighted by molar-refractivity contribution is -0.126. The zero-order chi connectivity index (χ0) is 20.1. The molecule has 2 aromatic rings. The zero-order valence-corrected chi connectivity index (χ0v) is 15.8. The first-order valence-electron chi connectivity index (χ1n) is 8.76. The molecule has 7 nitrogen and oxygen atoms in total. The van der Waals surface area contributed by atoms with Crippen LogP contribution in [0.1, 0.15) is 6.42 Å². The van der Waals surface area contributed by atoms with Crippen LogP contribution in [-0.4, -0.2) is 39.9 Å². The van der Waals surface area contributed by atoms with Gasteiger partial charge in [0.2, 0.25) is 21.8 Å². The van der Waals surface area contributed by atoms with E-state index in [1.54, 1.807) is 17.0 Å². The molecule has 148 valence electrons. The third kappa shape index (κ3) is 4.55. The van der Waals surface area contributed by atoms with Gasteiger partial charge in [0.1, 0.15) is 10.7 Å². The van der Waals surface area contributed by atoms with E-state index in [0.717, 1.165) is 11.8 Å². The van der Waals surface area contributed by atoms with E-state index in [1.165, 1.54) is 18.2 Å². The fourth-order valence-electron chi connectivity index (χ4n) is 3.00. The molecule has 1 atom stereocenters. The number of halogens is 1. The molecular weight excluding hydrogens is 385 g/mol. The molecule has 1 fully saturated rings. The lowest BCUT2D eigenvalue weighted by Gasteiger charge is -2.16. The quantitative estimate of drug-likeness (QED) is 0.679. The second-order valence-corrected chi connectivity index (χ2v) is 8.10. The van der Waals surface area contributed by atoms with Gasteiger partial charge in [0.05, 0.1) is 5.92 Å². The van der Waals surface area contributed by atoms with Gasteiger partial charge >= 0.3 is 0 Å². The topological polar surface area (TPSA) is 95.6 Å². The Hall–Kier alpha value is -2.78. The monoisotopic (exact) mass is 405 g/mol. The number of carbonyl (C=O) groups excluding carboxylic acids is 2. The minimum absolute atomic E-state index is 0.0303. The van der Waals surface area contributed by atoms with Crippen molar-refractivity contribution >= 4 is 27.5 Å². The van der Waals surface area contributed by atoms with E-state index in [-0.39, 0.29) is 37.9 Å². The van der Waals surface area contributed by atoms with Gasteiger partial charge in [-0.3, -0.25) is 9.59 Å². The second kappa shape index (κ2) is 8.49. The number of carbonyl (C=O) groups is 2. The average molecular weight is 405 g/mol. The van der Waals surface area contributed by atoms with E-state index in [2.05, 4.69) is 10.0 Å². The highest BCUT2D eigenvalue weighted by molar-refractivity contribution is 7.89. The molecule has 3 rings (SSSR count). The molecule has 0 aromatic heterocycles. The molecule has 9 heteroatoms. The van der Waals surface area contributed by atoms with Crippen LogP contribution in [0.2, 0.25) is 0 Å². The van der Waals surface area contributed by atoms with Gasteiger partial charge in [-0.2, -0.15) is 0 Å². The Morgan fingerprint density at radius 3 is 2.46 bits per heavy atom. The summed E-state index contributed by atoms with van der Waals surface area (Å²) in [6, 6.07) is 14.1. The first-order valence-corrected chi connectivity index (χ1v) is 10.2. The van der Waals surface area contributed by atoms with Crippen LogP contribution in [0, 0.1) is 11.7 Å². The van der Waals surface area contributed by atoms with E-state index in [1.807, 2.05) is 18.2 Å². The van der Waals surface area contributed by atoms with Crippen molar-refractivity contribution in [2.24, 2.45) is 5.92 Å². The molecule has 0 spiro atoms. The molecule has 1 aliphatic rings. The van der Waals surface area contributed by atoms with Gasteiger partial charge < -0.3 is 10.2 Å². The number of hydrogen-bond donors (Lipinski definition) is 2. The fourth-order valence-corrected chi connectivity index (χ4v) is 4.11. The molecule has 0 aliphatic carbocycles. The summed E-state index contributed by atoms with van der Waals surface area (Å²) in [5, 5.41) is 2.62. The largest absolute Gasteiger partial charge is 0.354 e. The van der Waals surface area contributed by atoms with E-state index in [4.69, 9.17) is 0 Å². The van der Waals surface area contributed by atoms with Crippen molar-refractivity contribution in [3.05, 3.63) is 60.4 Å². The lowest BCUT2D eigenvalue weighted by atomic mass is 10.1. The Morgan fingerprint density at radius 1 is 1.07 bits per heavy atom. The van der Waals surface area contributed by atoms with Gasteiger partial charge in [-0.1, -0.05) is 30.3 Å². The van der Waals surface area contributed by atoms with Crippen LogP contribution in [0.3, 0.4) is 0 Å². The van der Waals surface area contributed by atoms with E-state index >= 15 is 0 Å². The molecular formula is C19H20FN3O4S. The van der Waals surface area contributed by atoms with Crippen LogP contribution in [0.5, 0.6) is 0 Å². The maximum atomic E-state index is 13.6. The summed E-state index contributed by atoms with van der Waals surface area (Å²) >= 11 is 0. The number of benzene rings is 2. The number of anilines is 1. The minimum Gasteiger partial charge on any atom is -0.354 e. The highest BCUT2D eigenvalue weighted by Crippen LogP contribution is 2.24. The molecule has 0 bridgehead atoms. The molecule has 1 saturated heterocycles. The Bertz CT molecular complexity index is 966. The van der Waals surface area contributed by atoms with Crippen LogP contribution >= 0.6 is 0 Å². The SMILES string of the molecule is O=C(NCCNS(=O)(=O)c1ccccc1F)C1CC(=O)N(c2ccccc2)C1. The van der Waals surface area contributed by atoms with E-state index in [9.17, 15) is 22.4 Å². The number of rotatable bonds is 7. The summed E-state index contributed by atoms with van der Waals surface area (Å²) in [4.78, 5) is 25.6. The Morgan fingerprint density at radius 2 is 1.75 bits per heavy atom. The van der Waals surface area contributed by atoms with Crippen LogP contribution in [0.4, 0.5) is 10.1 Å². The number of nitrogens with zero attached hydrogens (tertiary/aromatic N) is 1. The molecule has 1 heterocycles. The predicted molar refractivity (Wildman–Crippen MR) is 102 cm³/mol. The molecule has 2 aromatic carbocycles. The van der Waals surface area contributed by atoms with Crippen molar-refractivity contribution in [3.63, 3.8) is 0 Å². The first kappa shape index (κ1) is 20.0. The Balaban J connectivity index is 1.49. The minimum atomic E-state index is -4.00. The maximum absolute atomic E-state index is 13.6. The lowest BCUT2D eigenvalue weighted by Crippen LogP contribution is -2.38. The second-order valence-electron chi connectivity index (χ2n) is 6.36. The van der Waals surface area contributed by atoms with Crippen molar-refractivity contribution in [2.45, 2.75) is 11.3 Å². The molecule has 1 aliphatic heterocycles. The predicted octanol–water partition coefficient (Wildman–Crippen LogP) is 1.27. The van der Waals surface area contributed by atoms with Gasteiger partial charge in [0.15, 0.2) is 0 Å². The van der Waals surface area contributed by atoms with E-state index in [0.29, 0.717) is 0 Å². The van der Waals surface area contributed by atoms with Gasteiger partial charge in [-0.15, -0.1) is 0 Å². The van der Waals surface area contributed by atoms with Crippen LogP contribution in [0.15, 0.2) is 59.5 Å². The van der Waals surface area contributed by atoms with Crippen molar-refractivity contribution in [1.29, 1.82) is 0 Å². The third-order valence-corrected chi connectivity index (χ3v) is 5.90. The average Bonchev–Trinajstić information content (AvgIpc) is 3.08. The summed E-state index contributed by atoms with van der Waals surface area (Å²) in [6.07, 6.45) is 0.0989. The summed E-state index contributed by atoms with van der Waals surface area (Å²) in [5.74, 6) is -1.80. The highest BCUT2D eigenvalue weighted by atomic mass is 32.2. The van der Waals surface area contributed by atoms with Crippen molar-refractivity contribution in [1.82, 2.24) is 10.0 Å². The normalized spacial score (nSPS) is 17.0. The van der Waals surface area contributed by atoms with Crippen LogP contribution in [0.25, 0.3) is 0 Å². The number of hydrogen-bond acceptors (Lipinski definition) is 4. The van der Waals surface area contributed by atoms with Gasteiger partial charge in [-0.25, -0.2) is 17.5 Å². The maximum Gasteiger partial charge on any atom is 0.243 e. The molecule has 1 unspecified atom stereocenters. The van der Waals surface area contributed by atoms with Crippen molar-refractivity contribution in [3.8, 4) is 0 Å². The highest BCUT2D eigenvalue weighted by Gasteiger charge is 2.34. The molecule has 0 radical (unpaired) electrons. The number of amides is 2. The van der Waals surface area contributed by atoms with Gasteiger partial charge in [0.25, 0.3) is 0 Å². The molecule has 2 amide bonds. The summed E-state index contributed by atoms with van der Waals surface area (Å²) in [5.41, 5.74) is 0.737. The number of nitrogens with one attached hydrogen (secondary N) is 2. The molecule has 28 heavy (non-hydrogen) atoms. The van der Waals surface area contributed by atoms with Crippen molar-refractivity contribution < 1.29 is 22.4 Å². The molecule has 2 N–H and O–H groups in total. The summed E-state index contributed by atoms with van der Waals surface area (Å²) in [6.45, 7) is 0.212. The number of para-hydroxylation sites is 1. The molecule has 0 saturated carbocycles. The first-order chi connectivity index (χ1) is 13.4. The third-order valence-electron chi connectivity index (χ3n) is 4.41. The van der Waals surface area contributed by atoms with Crippen LogP contribution < -0.4 is 14.9 Å². The van der Waals surface area contributed by atoms with Crippen LogP contribution in [-0.2, 0) is 19.6 Å². The van der Waals surface area contributed by atoms with E-state index < -0.39 is 26.7 Å². The summed E-state index contributed by atoms with van der Waals surface area (Å²) in [7, 11) is -4.00. The van der Waals surface area contributed by atoms with Gasteiger partial charge in [-0.05, 0) is 24.3 Å². The standard InChI is InChI=1S/C19H20FN3O4S/c20-16-8-4-5-9-17(16)28(26,27)22-11-10-21-19(25)14-12-18(24)23(13-14)15-6-2-1-3-7-15/h1-9,14,22H,10-13H2,(H,21,25). The summed E-state index contributed by atoms with van der Waals surface area (Å²) < 4.78 is 40.0. The Labute approximate surface area is 162 Å². The van der Waals surface area contributed by atoms with Crippen molar-refractivity contribution in [2.75, 3.05) is 24.5 Å². The number of sulfonamides is 1. The Kier molecular flexibility index (Phi) is 6.05. The van der Waals surface area contributed by atoms with Gasteiger partial charge in [0, 0.05) is 31.7 Å². The smallest absolute Gasteiger partial charge is 0.243 e.